The summed E-state index contributed by atoms with van der Waals surface area (Å²) in [6.45, 7) is 1.78. The standard InChI is InChI=1S/C14H15F3N2O2/c15-14(16,17)10-2-1-3-11(8-10)19-9-13(21-12(19)20)4-6-18-7-5-13/h1-3,8,18H,4-7,9H2. The van der Waals surface area contributed by atoms with E-state index in [2.05, 4.69) is 5.32 Å². The zero-order valence-electron chi connectivity index (χ0n) is 11.2. The summed E-state index contributed by atoms with van der Waals surface area (Å²) in [6, 6.07) is 4.78. The van der Waals surface area contributed by atoms with Gasteiger partial charge in [-0.25, -0.2) is 4.79 Å². The molecular formula is C14H15F3N2O2. The minimum Gasteiger partial charge on any atom is -0.441 e. The van der Waals surface area contributed by atoms with E-state index in [1.165, 1.54) is 17.0 Å². The molecule has 0 radical (unpaired) electrons. The number of hydrogen-bond acceptors (Lipinski definition) is 3. The molecule has 1 N–H and O–H groups in total. The minimum absolute atomic E-state index is 0.227. The summed E-state index contributed by atoms with van der Waals surface area (Å²) in [4.78, 5) is 13.3. The highest BCUT2D eigenvalue weighted by Crippen LogP contribution is 2.36. The van der Waals surface area contributed by atoms with E-state index < -0.39 is 23.4 Å². The van der Waals surface area contributed by atoms with Crippen molar-refractivity contribution in [2.75, 3.05) is 24.5 Å². The summed E-state index contributed by atoms with van der Waals surface area (Å²) in [5.41, 5.74) is -1.11. The van der Waals surface area contributed by atoms with E-state index >= 15 is 0 Å². The number of amides is 1. The third-order valence-electron chi connectivity index (χ3n) is 3.97. The first-order chi connectivity index (χ1) is 9.90. The Morgan fingerprint density at radius 2 is 1.95 bits per heavy atom. The Kier molecular flexibility index (Phi) is 3.32. The summed E-state index contributed by atoms with van der Waals surface area (Å²) >= 11 is 0. The van der Waals surface area contributed by atoms with Crippen molar-refractivity contribution < 1.29 is 22.7 Å². The maximum atomic E-state index is 12.8. The lowest BCUT2D eigenvalue weighted by Crippen LogP contribution is -2.44. The lowest BCUT2D eigenvalue weighted by atomic mass is 9.92. The number of alkyl halides is 3. The Morgan fingerprint density at radius 1 is 1.24 bits per heavy atom. The Hall–Kier alpha value is -1.76. The average molecular weight is 300 g/mol. The number of hydrogen-bond donors (Lipinski definition) is 1. The SMILES string of the molecule is O=C1OC2(CCNCC2)CN1c1cccc(C(F)(F)F)c1. The molecule has 21 heavy (non-hydrogen) atoms. The molecule has 2 aliphatic heterocycles. The quantitative estimate of drug-likeness (QED) is 0.867. The molecule has 2 heterocycles. The average Bonchev–Trinajstić information content (AvgIpc) is 2.75. The van der Waals surface area contributed by atoms with Crippen LogP contribution in [0.3, 0.4) is 0 Å². The highest BCUT2D eigenvalue weighted by molar-refractivity contribution is 5.90. The fraction of sp³-hybridized carbons (Fsp3) is 0.500. The molecule has 7 heteroatoms. The number of carbonyl (C=O) groups excluding carboxylic acids is 1. The second kappa shape index (κ2) is 4.91. The highest BCUT2D eigenvalue weighted by atomic mass is 19.4. The van der Waals surface area contributed by atoms with Gasteiger partial charge in [0.15, 0.2) is 0 Å². The van der Waals surface area contributed by atoms with E-state index in [1.807, 2.05) is 0 Å². The second-order valence-corrected chi connectivity index (χ2v) is 5.44. The van der Waals surface area contributed by atoms with E-state index in [9.17, 15) is 18.0 Å². The number of rotatable bonds is 1. The Bertz CT molecular complexity index is 553. The zero-order valence-corrected chi connectivity index (χ0v) is 11.2. The van der Waals surface area contributed by atoms with Crippen molar-refractivity contribution in [2.45, 2.75) is 24.6 Å². The lowest BCUT2D eigenvalue weighted by Gasteiger charge is -2.31. The van der Waals surface area contributed by atoms with Crippen molar-refractivity contribution in [3.63, 3.8) is 0 Å². The molecule has 3 rings (SSSR count). The van der Waals surface area contributed by atoms with Gasteiger partial charge >= 0.3 is 12.3 Å². The molecule has 0 saturated carbocycles. The lowest BCUT2D eigenvalue weighted by molar-refractivity contribution is -0.137. The topological polar surface area (TPSA) is 41.6 Å². The normalized spacial score (nSPS) is 21.7. The predicted molar refractivity (Wildman–Crippen MR) is 70.1 cm³/mol. The fourth-order valence-corrected chi connectivity index (χ4v) is 2.81. The van der Waals surface area contributed by atoms with Gasteiger partial charge in [-0.1, -0.05) is 6.07 Å². The Labute approximate surface area is 119 Å². The zero-order chi connectivity index (χ0) is 15.1. The number of piperidine rings is 1. The predicted octanol–water partition coefficient (Wildman–Crippen LogP) is 2.78. The third kappa shape index (κ3) is 2.70. The van der Waals surface area contributed by atoms with Gasteiger partial charge in [0.2, 0.25) is 0 Å². The maximum absolute atomic E-state index is 12.8. The van der Waals surface area contributed by atoms with Crippen LogP contribution >= 0.6 is 0 Å². The molecule has 114 valence electrons. The van der Waals surface area contributed by atoms with Crippen LogP contribution < -0.4 is 10.2 Å². The van der Waals surface area contributed by atoms with Crippen LogP contribution in [0.4, 0.5) is 23.7 Å². The molecular weight excluding hydrogens is 285 g/mol. The van der Waals surface area contributed by atoms with E-state index in [4.69, 9.17) is 4.74 Å². The summed E-state index contributed by atoms with van der Waals surface area (Å²) < 4.78 is 43.7. The summed E-state index contributed by atoms with van der Waals surface area (Å²) in [5.74, 6) is 0. The van der Waals surface area contributed by atoms with Gasteiger partial charge in [0.1, 0.15) is 5.60 Å². The first kappa shape index (κ1) is 14.2. The first-order valence-corrected chi connectivity index (χ1v) is 6.78. The van der Waals surface area contributed by atoms with Crippen LogP contribution in [0.1, 0.15) is 18.4 Å². The first-order valence-electron chi connectivity index (χ1n) is 6.78. The van der Waals surface area contributed by atoms with Gasteiger partial charge in [-0.2, -0.15) is 13.2 Å². The van der Waals surface area contributed by atoms with Crippen molar-refractivity contribution in [1.29, 1.82) is 0 Å². The van der Waals surface area contributed by atoms with Crippen LogP contribution in [0.5, 0.6) is 0 Å². The molecule has 0 atom stereocenters. The molecule has 1 spiro atoms. The largest absolute Gasteiger partial charge is 0.441 e. The minimum atomic E-state index is -4.42. The molecule has 0 unspecified atom stereocenters. The number of carbonyl (C=O) groups is 1. The van der Waals surface area contributed by atoms with E-state index in [0.717, 1.165) is 25.2 Å². The van der Waals surface area contributed by atoms with Gasteiger partial charge in [-0.05, 0) is 31.3 Å². The van der Waals surface area contributed by atoms with Gasteiger partial charge in [-0.3, -0.25) is 4.90 Å². The van der Waals surface area contributed by atoms with Crippen molar-refractivity contribution in [3.05, 3.63) is 29.8 Å². The van der Waals surface area contributed by atoms with Crippen molar-refractivity contribution in [3.8, 4) is 0 Å². The van der Waals surface area contributed by atoms with E-state index in [0.29, 0.717) is 19.4 Å². The van der Waals surface area contributed by atoms with Crippen molar-refractivity contribution in [2.24, 2.45) is 0 Å². The smallest absolute Gasteiger partial charge is 0.416 e. The van der Waals surface area contributed by atoms with Crippen LogP contribution in [0.2, 0.25) is 0 Å². The molecule has 1 amide bonds. The van der Waals surface area contributed by atoms with Gasteiger partial charge in [0, 0.05) is 18.5 Å². The van der Waals surface area contributed by atoms with Crippen LogP contribution in [0.25, 0.3) is 0 Å². The number of nitrogens with one attached hydrogen (secondary N) is 1. The van der Waals surface area contributed by atoms with Crippen molar-refractivity contribution in [1.82, 2.24) is 5.32 Å². The Balaban J connectivity index is 1.86. The van der Waals surface area contributed by atoms with Crippen LogP contribution in [0, 0.1) is 0 Å². The number of ether oxygens (including phenoxy) is 1. The maximum Gasteiger partial charge on any atom is 0.416 e. The molecule has 2 saturated heterocycles. The molecule has 4 nitrogen and oxygen atoms in total. The van der Waals surface area contributed by atoms with E-state index in [-0.39, 0.29) is 5.69 Å². The van der Waals surface area contributed by atoms with Gasteiger partial charge in [0.05, 0.1) is 12.1 Å². The summed E-state index contributed by atoms with van der Waals surface area (Å²) in [5, 5.41) is 3.18. The number of halogens is 3. The molecule has 2 aliphatic rings. The fourth-order valence-electron chi connectivity index (χ4n) is 2.81. The van der Waals surface area contributed by atoms with Gasteiger partial charge in [-0.15, -0.1) is 0 Å². The summed E-state index contributed by atoms with van der Waals surface area (Å²) in [6.07, 6.45) is -3.65. The van der Waals surface area contributed by atoms with Gasteiger partial charge < -0.3 is 10.1 Å². The molecule has 1 aromatic rings. The second-order valence-electron chi connectivity index (χ2n) is 5.44. The number of benzene rings is 1. The Morgan fingerprint density at radius 3 is 2.62 bits per heavy atom. The highest BCUT2D eigenvalue weighted by Gasteiger charge is 2.46. The monoisotopic (exact) mass is 300 g/mol. The van der Waals surface area contributed by atoms with Crippen molar-refractivity contribution >= 4 is 11.8 Å². The molecule has 0 bridgehead atoms. The molecule has 0 aliphatic carbocycles. The van der Waals surface area contributed by atoms with Crippen LogP contribution in [0.15, 0.2) is 24.3 Å². The third-order valence-corrected chi connectivity index (χ3v) is 3.97. The molecule has 1 aromatic carbocycles. The van der Waals surface area contributed by atoms with E-state index in [1.54, 1.807) is 0 Å². The van der Waals surface area contributed by atoms with Crippen LogP contribution in [-0.2, 0) is 10.9 Å². The molecule has 2 fully saturated rings. The summed E-state index contributed by atoms with van der Waals surface area (Å²) in [7, 11) is 0. The van der Waals surface area contributed by atoms with Gasteiger partial charge in [0.25, 0.3) is 0 Å². The number of nitrogens with zero attached hydrogens (tertiary/aromatic N) is 1. The number of anilines is 1. The van der Waals surface area contributed by atoms with Crippen LogP contribution in [-0.4, -0.2) is 31.3 Å². The molecule has 0 aromatic heterocycles.